The zero-order valence-electron chi connectivity index (χ0n) is 16.9. The standard InChI is InChI=1S/C24H24ClFN4/c1-2-18(23-29-22-11-16(25)13-28-24(22)30-23)14-3-5-15(6-4-14)19-9-10-27-21-8-7-17(26)12-20(19)21/h7-15,18H,2-6H2,1H3,(H,28,29,30)/t14-,15-,18-/m1/s1. The van der Waals surface area contributed by atoms with E-state index in [0.717, 1.165) is 60.0 Å². The van der Waals surface area contributed by atoms with Gasteiger partial charge in [0, 0.05) is 23.7 Å². The number of hydrogen-bond acceptors (Lipinski definition) is 3. The number of H-pyrrole nitrogens is 1. The maximum absolute atomic E-state index is 13.8. The normalized spacial score (nSPS) is 20.6. The molecule has 1 aliphatic rings. The van der Waals surface area contributed by atoms with Crippen LogP contribution in [0.3, 0.4) is 0 Å². The second kappa shape index (κ2) is 7.95. The molecule has 154 valence electrons. The van der Waals surface area contributed by atoms with Gasteiger partial charge in [-0.05, 0) is 79.8 Å². The predicted octanol–water partition coefficient (Wildman–Crippen LogP) is 6.77. The van der Waals surface area contributed by atoms with Gasteiger partial charge in [-0.15, -0.1) is 0 Å². The van der Waals surface area contributed by atoms with Crippen LogP contribution in [0.25, 0.3) is 22.1 Å². The summed E-state index contributed by atoms with van der Waals surface area (Å²) in [6.07, 6.45) is 8.99. The number of aromatic nitrogens is 4. The average molecular weight is 423 g/mol. The van der Waals surface area contributed by atoms with E-state index in [1.165, 1.54) is 11.6 Å². The molecule has 3 aromatic heterocycles. The van der Waals surface area contributed by atoms with E-state index >= 15 is 0 Å². The van der Waals surface area contributed by atoms with Crippen LogP contribution in [0.4, 0.5) is 4.39 Å². The molecule has 0 aliphatic heterocycles. The van der Waals surface area contributed by atoms with E-state index in [1.807, 2.05) is 12.3 Å². The summed E-state index contributed by atoms with van der Waals surface area (Å²) in [5.74, 6) is 2.22. The molecule has 1 aliphatic carbocycles. The van der Waals surface area contributed by atoms with Gasteiger partial charge in [0.05, 0.1) is 16.1 Å². The molecular weight excluding hydrogens is 399 g/mol. The third-order valence-electron chi connectivity index (χ3n) is 6.63. The molecule has 0 amide bonds. The summed E-state index contributed by atoms with van der Waals surface area (Å²) in [7, 11) is 0. The molecule has 0 radical (unpaired) electrons. The van der Waals surface area contributed by atoms with Crippen molar-refractivity contribution in [3.05, 3.63) is 65.0 Å². The topological polar surface area (TPSA) is 54.5 Å². The Hall–Kier alpha value is -2.53. The zero-order chi connectivity index (χ0) is 20.7. The molecule has 4 nitrogen and oxygen atoms in total. The van der Waals surface area contributed by atoms with Gasteiger partial charge < -0.3 is 4.98 Å². The Morgan fingerprint density at radius 1 is 1.13 bits per heavy atom. The van der Waals surface area contributed by atoms with Crippen LogP contribution in [0.2, 0.25) is 5.02 Å². The van der Waals surface area contributed by atoms with E-state index in [9.17, 15) is 4.39 Å². The van der Waals surface area contributed by atoms with Crippen LogP contribution in [-0.4, -0.2) is 19.9 Å². The van der Waals surface area contributed by atoms with E-state index < -0.39 is 0 Å². The highest BCUT2D eigenvalue weighted by Crippen LogP contribution is 2.44. The van der Waals surface area contributed by atoms with Crippen molar-refractivity contribution in [1.82, 2.24) is 19.9 Å². The fraction of sp³-hybridized carbons (Fsp3) is 0.375. The predicted molar refractivity (Wildman–Crippen MR) is 118 cm³/mol. The molecule has 1 aromatic carbocycles. The molecule has 6 heteroatoms. The molecule has 0 saturated heterocycles. The first-order chi connectivity index (χ1) is 14.6. The lowest BCUT2D eigenvalue weighted by molar-refractivity contribution is 0.272. The highest BCUT2D eigenvalue weighted by molar-refractivity contribution is 6.31. The summed E-state index contributed by atoms with van der Waals surface area (Å²) in [4.78, 5) is 16.9. The summed E-state index contributed by atoms with van der Waals surface area (Å²) in [5.41, 5.74) is 3.73. The molecule has 1 atom stereocenters. The summed E-state index contributed by atoms with van der Waals surface area (Å²) >= 11 is 6.08. The second-order valence-corrected chi connectivity index (χ2v) is 8.77. The Morgan fingerprint density at radius 2 is 1.97 bits per heavy atom. The molecule has 4 aromatic rings. The van der Waals surface area contributed by atoms with Gasteiger partial charge in [-0.3, -0.25) is 4.98 Å². The molecular formula is C24H24ClFN4. The molecule has 3 heterocycles. The summed E-state index contributed by atoms with van der Waals surface area (Å²) in [6.45, 7) is 2.23. The Bertz CT molecular complexity index is 1200. The Balaban J connectivity index is 1.36. The van der Waals surface area contributed by atoms with Crippen molar-refractivity contribution in [2.45, 2.75) is 50.9 Å². The van der Waals surface area contributed by atoms with Crippen LogP contribution in [-0.2, 0) is 0 Å². The quantitative estimate of drug-likeness (QED) is 0.395. The number of benzene rings is 1. The number of imidazole rings is 1. The number of pyridine rings is 2. The van der Waals surface area contributed by atoms with Crippen LogP contribution < -0.4 is 0 Å². The van der Waals surface area contributed by atoms with Gasteiger partial charge in [0.1, 0.15) is 11.6 Å². The Labute approximate surface area is 179 Å². The smallest absolute Gasteiger partial charge is 0.177 e. The Morgan fingerprint density at radius 3 is 2.77 bits per heavy atom. The van der Waals surface area contributed by atoms with Gasteiger partial charge in [-0.25, -0.2) is 14.4 Å². The van der Waals surface area contributed by atoms with Crippen LogP contribution in [0.5, 0.6) is 0 Å². The van der Waals surface area contributed by atoms with E-state index in [-0.39, 0.29) is 5.82 Å². The van der Waals surface area contributed by atoms with Crippen LogP contribution in [0, 0.1) is 11.7 Å². The van der Waals surface area contributed by atoms with E-state index in [4.69, 9.17) is 16.6 Å². The van der Waals surface area contributed by atoms with E-state index in [1.54, 1.807) is 18.3 Å². The third kappa shape index (κ3) is 3.56. The van der Waals surface area contributed by atoms with Crippen molar-refractivity contribution in [1.29, 1.82) is 0 Å². The Kier molecular flexibility index (Phi) is 5.15. The summed E-state index contributed by atoms with van der Waals surface area (Å²) < 4.78 is 13.8. The van der Waals surface area contributed by atoms with Crippen molar-refractivity contribution in [3.8, 4) is 0 Å². The minimum atomic E-state index is -0.199. The molecule has 0 bridgehead atoms. The van der Waals surface area contributed by atoms with Crippen molar-refractivity contribution in [2.75, 3.05) is 0 Å². The monoisotopic (exact) mass is 422 g/mol. The van der Waals surface area contributed by atoms with Crippen molar-refractivity contribution >= 4 is 33.7 Å². The first-order valence-electron chi connectivity index (χ1n) is 10.7. The average Bonchev–Trinajstić information content (AvgIpc) is 3.17. The largest absolute Gasteiger partial charge is 0.340 e. The number of halogens is 2. The van der Waals surface area contributed by atoms with E-state index in [2.05, 4.69) is 27.9 Å². The molecule has 5 rings (SSSR count). The highest BCUT2D eigenvalue weighted by atomic mass is 35.5. The van der Waals surface area contributed by atoms with Crippen LogP contribution in [0.15, 0.2) is 42.7 Å². The van der Waals surface area contributed by atoms with E-state index in [0.29, 0.717) is 22.8 Å². The minimum absolute atomic E-state index is 0.199. The number of fused-ring (bicyclic) bond motifs is 2. The molecule has 0 unspecified atom stereocenters. The number of hydrogen-bond donors (Lipinski definition) is 1. The van der Waals surface area contributed by atoms with Crippen molar-refractivity contribution in [3.63, 3.8) is 0 Å². The lowest BCUT2D eigenvalue weighted by Crippen LogP contribution is -2.20. The lowest BCUT2D eigenvalue weighted by atomic mass is 9.72. The van der Waals surface area contributed by atoms with Gasteiger partial charge in [0.15, 0.2) is 5.65 Å². The summed E-state index contributed by atoms with van der Waals surface area (Å²) in [5, 5.41) is 1.57. The summed E-state index contributed by atoms with van der Waals surface area (Å²) in [6, 6.07) is 8.84. The van der Waals surface area contributed by atoms with Gasteiger partial charge in [-0.2, -0.15) is 0 Å². The third-order valence-corrected chi connectivity index (χ3v) is 6.84. The number of rotatable bonds is 4. The first-order valence-corrected chi connectivity index (χ1v) is 11.1. The number of nitrogens with zero attached hydrogens (tertiary/aromatic N) is 3. The maximum Gasteiger partial charge on any atom is 0.177 e. The molecule has 30 heavy (non-hydrogen) atoms. The van der Waals surface area contributed by atoms with Crippen LogP contribution in [0.1, 0.15) is 62.3 Å². The number of nitrogens with one attached hydrogen (secondary N) is 1. The molecule has 1 saturated carbocycles. The lowest BCUT2D eigenvalue weighted by Gasteiger charge is -2.33. The van der Waals surface area contributed by atoms with Gasteiger partial charge in [-0.1, -0.05) is 18.5 Å². The minimum Gasteiger partial charge on any atom is -0.340 e. The van der Waals surface area contributed by atoms with Gasteiger partial charge >= 0.3 is 0 Å². The molecule has 0 spiro atoms. The first kappa shape index (κ1) is 19.4. The fourth-order valence-electron chi connectivity index (χ4n) is 5.15. The van der Waals surface area contributed by atoms with Crippen molar-refractivity contribution < 1.29 is 4.39 Å². The van der Waals surface area contributed by atoms with Gasteiger partial charge in [0.25, 0.3) is 0 Å². The maximum atomic E-state index is 13.8. The zero-order valence-corrected chi connectivity index (χ0v) is 17.7. The molecule has 1 fully saturated rings. The SMILES string of the molecule is CC[C@@H](c1nc2ncc(Cl)cc2[nH]1)[C@H]1CC[C@H](c2ccnc3ccc(F)cc32)CC1. The second-order valence-electron chi connectivity index (χ2n) is 8.33. The molecule has 1 N–H and O–H groups in total. The fourth-order valence-corrected chi connectivity index (χ4v) is 5.30. The number of aromatic amines is 1. The van der Waals surface area contributed by atoms with Gasteiger partial charge in [0.2, 0.25) is 0 Å². The highest BCUT2D eigenvalue weighted by Gasteiger charge is 2.30. The van der Waals surface area contributed by atoms with Crippen LogP contribution >= 0.6 is 11.6 Å². The van der Waals surface area contributed by atoms with Crippen molar-refractivity contribution in [2.24, 2.45) is 5.92 Å².